The van der Waals surface area contributed by atoms with Crippen molar-refractivity contribution in [3.8, 4) is 6.07 Å². The van der Waals surface area contributed by atoms with Crippen LogP contribution in [0.4, 0.5) is 0 Å². The minimum absolute atomic E-state index is 0.00286. The van der Waals surface area contributed by atoms with E-state index in [0.717, 1.165) is 18.0 Å². The van der Waals surface area contributed by atoms with Crippen molar-refractivity contribution < 1.29 is 9.21 Å². The lowest BCUT2D eigenvalue weighted by molar-refractivity contribution is 0.0217. The third-order valence-corrected chi connectivity index (χ3v) is 6.43. The summed E-state index contributed by atoms with van der Waals surface area (Å²) in [5.74, 6) is 0.897. The Kier molecular flexibility index (Phi) is 4.75. The number of amides is 1. The van der Waals surface area contributed by atoms with Crippen molar-refractivity contribution in [1.82, 2.24) is 10.2 Å². The number of hydrogen-bond donors (Lipinski definition) is 1. The van der Waals surface area contributed by atoms with E-state index in [9.17, 15) is 4.79 Å². The highest BCUT2D eigenvalue weighted by atomic mass is 32.2. The Morgan fingerprint density at radius 3 is 2.58 bits per heavy atom. The zero-order chi connectivity index (χ0) is 18.1. The summed E-state index contributed by atoms with van der Waals surface area (Å²) in [6, 6.07) is 13.6. The molecule has 0 aliphatic carbocycles. The highest BCUT2D eigenvalue weighted by Crippen LogP contribution is 2.32. The Balaban J connectivity index is 1.40. The van der Waals surface area contributed by atoms with Gasteiger partial charge in [-0.05, 0) is 75.2 Å². The average Bonchev–Trinajstić information content (AvgIpc) is 3.13. The van der Waals surface area contributed by atoms with Gasteiger partial charge >= 0.3 is 0 Å². The van der Waals surface area contributed by atoms with Crippen molar-refractivity contribution in [1.29, 1.82) is 5.26 Å². The van der Waals surface area contributed by atoms with Crippen LogP contribution < -0.4 is 5.32 Å². The molecule has 0 radical (unpaired) electrons. The van der Waals surface area contributed by atoms with Gasteiger partial charge in [-0.15, -0.1) is 0 Å². The topological polar surface area (TPSA) is 69.3 Å². The Morgan fingerprint density at radius 1 is 1.23 bits per heavy atom. The minimum atomic E-state index is -0.00286. The summed E-state index contributed by atoms with van der Waals surface area (Å²) in [6.45, 7) is 4.53. The lowest BCUT2D eigenvalue weighted by atomic mass is 9.79. The molecule has 2 bridgehead atoms. The second-order valence-electron chi connectivity index (χ2n) is 6.97. The van der Waals surface area contributed by atoms with Crippen LogP contribution in [0.1, 0.15) is 35.9 Å². The van der Waals surface area contributed by atoms with E-state index in [1.807, 2.05) is 30.3 Å². The summed E-state index contributed by atoms with van der Waals surface area (Å²) in [5.41, 5.74) is 0.676. The zero-order valence-electron chi connectivity index (χ0n) is 14.6. The predicted molar refractivity (Wildman–Crippen MR) is 99.0 cm³/mol. The van der Waals surface area contributed by atoms with Crippen LogP contribution in [-0.4, -0.2) is 36.0 Å². The number of hydrogen-bond acceptors (Lipinski definition) is 5. The second kappa shape index (κ2) is 7.18. The number of furan rings is 1. The second-order valence-corrected chi connectivity index (χ2v) is 8.05. The quantitative estimate of drug-likeness (QED) is 0.895. The SMILES string of the molecule is CC1C(NC(=O)c2ccc(Sc3ccc(C#N)o3)cc2)C2CCN1CC2. The highest BCUT2D eigenvalue weighted by Gasteiger charge is 2.40. The van der Waals surface area contributed by atoms with Crippen molar-refractivity contribution in [3.05, 3.63) is 47.7 Å². The fourth-order valence-corrected chi connectivity index (χ4v) is 4.78. The Labute approximate surface area is 157 Å². The maximum atomic E-state index is 12.7. The molecule has 0 saturated carbocycles. The van der Waals surface area contributed by atoms with Crippen LogP contribution in [-0.2, 0) is 0 Å². The number of benzene rings is 1. The van der Waals surface area contributed by atoms with Crippen LogP contribution in [0.5, 0.6) is 0 Å². The van der Waals surface area contributed by atoms with Crippen LogP contribution in [0.2, 0.25) is 0 Å². The third kappa shape index (κ3) is 3.37. The number of carbonyl (C=O) groups is 1. The molecule has 1 amide bonds. The molecule has 0 spiro atoms. The minimum Gasteiger partial charge on any atom is -0.439 e. The number of piperidine rings is 3. The lowest BCUT2D eigenvalue weighted by Gasteiger charge is -2.49. The molecule has 3 fully saturated rings. The first-order chi connectivity index (χ1) is 12.6. The van der Waals surface area contributed by atoms with E-state index in [2.05, 4.69) is 17.1 Å². The van der Waals surface area contributed by atoms with Crippen LogP contribution in [0.25, 0.3) is 0 Å². The molecule has 2 unspecified atom stereocenters. The summed E-state index contributed by atoms with van der Waals surface area (Å²) in [6.07, 6.45) is 2.36. The van der Waals surface area contributed by atoms with Gasteiger partial charge < -0.3 is 9.73 Å². The third-order valence-electron chi connectivity index (χ3n) is 5.50. The molecular weight excluding hydrogens is 346 g/mol. The number of fused-ring (bicyclic) bond motifs is 3. The molecule has 3 aliphatic rings. The molecule has 5 nitrogen and oxygen atoms in total. The van der Waals surface area contributed by atoms with Crippen LogP contribution in [0.3, 0.4) is 0 Å². The van der Waals surface area contributed by atoms with E-state index in [1.54, 1.807) is 12.1 Å². The number of nitrogens with zero attached hydrogens (tertiary/aromatic N) is 2. The molecule has 4 heterocycles. The van der Waals surface area contributed by atoms with Crippen molar-refractivity contribution in [2.75, 3.05) is 13.1 Å². The van der Waals surface area contributed by atoms with Crippen LogP contribution in [0.15, 0.2) is 50.8 Å². The lowest BCUT2D eigenvalue weighted by Crippen LogP contribution is -2.62. The fourth-order valence-electron chi connectivity index (χ4n) is 4.01. The van der Waals surface area contributed by atoms with Gasteiger partial charge in [-0.1, -0.05) is 11.8 Å². The van der Waals surface area contributed by atoms with Crippen molar-refractivity contribution in [2.24, 2.45) is 5.92 Å². The van der Waals surface area contributed by atoms with Gasteiger partial charge in [0.25, 0.3) is 5.91 Å². The molecule has 26 heavy (non-hydrogen) atoms. The molecule has 3 aliphatic heterocycles. The predicted octanol–water partition coefficient (Wildman–Crippen LogP) is 3.51. The number of nitrogens with one attached hydrogen (secondary N) is 1. The van der Waals surface area contributed by atoms with E-state index in [-0.39, 0.29) is 11.9 Å². The smallest absolute Gasteiger partial charge is 0.251 e. The molecule has 3 saturated heterocycles. The number of carbonyl (C=O) groups excluding carboxylic acids is 1. The molecule has 1 N–H and O–H groups in total. The molecular formula is C20H21N3O2S. The van der Waals surface area contributed by atoms with E-state index >= 15 is 0 Å². The van der Waals surface area contributed by atoms with E-state index in [0.29, 0.717) is 28.4 Å². The molecule has 5 rings (SSSR count). The average molecular weight is 367 g/mol. The summed E-state index contributed by atoms with van der Waals surface area (Å²) in [7, 11) is 0. The van der Waals surface area contributed by atoms with E-state index in [4.69, 9.17) is 9.68 Å². The van der Waals surface area contributed by atoms with Gasteiger partial charge in [0, 0.05) is 22.5 Å². The highest BCUT2D eigenvalue weighted by molar-refractivity contribution is 7.99. The summed E-state index contributed by atoms with van der Waals surface area (Å²) >= 11 is 1.43. The standard InChI is InChI=1S/C20H21N3O2S/c1-13-19(14-8-10-23(13)11-9-14)22-20(24)15-2-5-17(6-3-15)26-18-7-4-16(12-21)25-18/h2-7,13-14,19H,8-11H2,1H3,(H,22,24). The molecule has 134 valence electrons. The van der Waals surface area contributed by atoms with Crippen molar-refractivity contribution in [3.63, 3.8) is 0 Å². The van der Waals surface area contributed by atoms with Crippen LogP contribution in [0, 0.1) is 17.2 Å². The van der Waals surface area contributed by atoms with E-state index < -0.39 is 0 Å². The number of rotatable bonds is 4. The summed E-state index contributed by atoms with van der Waals surface area (Å²) in [4.78, 5) is 16.1. The van der Waals surface area contributed by atoms with Gasteiger partial charge in [-0.3, -0.25) is 9.69 Å². The van der Waals surface area contributed by atoms with Crippen LogP contribution >= 0.6 is 11.8 Å². The number of nitriles is 1. The molecule has 6 heteroatoms. The summed E-state index contributed by atoms with van der Waals surface area (Å²) in [5, 5.41) is 12.7. The largest absolute Gasteiger partial charge is 0.439 e. The Hall–Kier alpha value is -2.23. The first-order valence-electron chi connectivity index (χ1n) is 8.97. The van der Waals surface area contributed by atoms with Crippen molar-refractivity contribution in [2.45, 2.75) is 41.8 Å². The van der Waals surface area contributed by atoms with Gasteiger partial charge in [0.2, 0.25) is 5.76 Å². The maximum Gasteiger partial charge on any atom is 0.251 e. The monoisotopic (exact) mass is 367 g/mol. The Morgan fingerprint density at radius 2 is 1.96 bits per heavy atom. The van der Waals surface area contributed by atoms with Gasteiger partial charge in [0.1, 0.15) is 6.07 Å². The zero-order valence-corrected chi connectivity index (χ0v) is 15.5. The molecule has 2 aromatic rings. The summed E-state index contributed by atoms with van der Waals surface area (Å²) < 4.78 is 5.37. The van der Waals surface area contributed by atoms with Gasteiger partial charge in [0.15, 0.2) is 5.09 Å². The Bertz CT molecular complexity index is 829. The van der Waals surface area contributed by atoms with Gasteiger partial charge in [-0.25, -0.2) is 0 Å². The van der Waals surface area contributed by atoms with Crippen molar-refractivity contribution >= 4 is 17.7 Å². The molecule has 1 aromatic carbocycles. The maximum absolute atomic E-state index is 12.7. The molecule has 1 aromatic heterocycles. The molecule has 2 atom stereocenters. The first-order valence-corrected chi connectivity index (χ1v) is 9.78. The van der Waals surface area contributed by atoms with Gasteiger partial charge in [-0.2, -0.15) is 5.26 Å². The van der Waals surface area contributed by atoms with E-state index in [1.165, 1.54) is 24.6 Å². The van der Waals surface area contributed by atoms with Gasteiger partial charge in [0.05, 0.1) is 0 Å². The fraction of sp³-hybridized carbons (Fsp3) is 0.400. The first kappa shape index (κ1) is 17.2. The normalized spacial score (nSPS) is 27.1.